The summed E-state index contributed by atoms with van der Waals surface area (Å²) in [5, 5.41) is 9.16. The molecular weight excluding hydrogens is 320 g/mol. The summed E-state index contributed by atoms with van der Waals surface area (Å²) in [5.74, 6) is -0.656. The minimum atomic E-state index is -0.677. The van der Waals surface area contributed by atoms with E-state index in [1.54, 1.807) is 0 Å². The highest BCUT2D eigenvalue weighted by Crippen LogP contribution is 2.66. The van der Waals surface area contributed by atoms with Crippen LogP contribution in [0.25, 0.3) is 0 Å². The van der Waals surface area contributed by atoms with Crippen LogP contribution < -0.4 is 0 Å². The Hall–Kier alpha value is -1.23. The molecule has 7 atom stereocenters. The van der Waals surface area contributed by atoms with Crippen LogP contribution in [0.1, 0.15) is 59.8 Å². The van der Waals surface area contributed by atoms with Crippen molar-refractivity contribution in [3.8, 4) is 0 Å². The van der Waals surface area contributed by atoms with Gasteiger partial charge in [0.1, 0.15) is 24.3 Å². The molecule has 0 saturated heterocycles. The zero-order valence-corrected chi connectivity index (χ0v) is 15.7. The summed E-state index contributed by atoms with van der Waals surface area (Å²) < 4.78 is 5.65. The number of rotatable bonds is 2. The minimum absolute atomic E-state index is 0.139. The summed E-state index contributed by atoms with van der Waals surface area (Å²) in [6.07, 6.45) is 3.01. The second kappa shape index (κ2) is 6.19. The standard InChI is InChI=1S/C20H30O5/c1-11-9-15(25-16(23)10-21)19(4)12(2)5-7-20(13(3)17(11)24)8-6-14(22)18(19)20/h11-13,15,18,21H,5-10H2,1-4H3/t11-,12+,13-,15+,18+,19-,20-/m0/s1. The van der Waals surface area contributed by atoms with Gasteiger partial charge in [-0.15, -0.1) is 0 Å². The Morgan fingerprint density at radius 1 is 1.24 bits per heavy atom. The Bertz CT molecular complexity index is 599. The number of ether oxygens (including phenoxy) is 1. The summed E-state index contributed by atoms with van der Waals surface area (Å²) >= 11 is 0. The van der Waals surface area contributed by atoms with Gasteiger partial charge in [0.05, 0.1) is 0 Å². The predicted molar refractivity (Wildman–Crippen MR) is 91.6 cm³/mol. The molecule has 0 spiro atoms. The molecule has 3 rings (SSSR count). The number of esters is 1. The molecule has 0 aliphatic heterocycles. The lowest BCUT2D eigenvalue weighted by Crippen LogP contribution is -2.60. The number of aliphatic hydroxyl groups excluding tert-OH is 1. The third-order valence-electron chi connectivity index (χ3n) is 7.90. The summed E-state index contributed by atoms with van der Waals surface area (Å²) in [4.78, 5) is 37.9. The molecule has 0 amide bonds. The highest BCUT2D eigenvalue weighted by atomic mass is 16.6. The first-order valence-corrected chi connectivity index (χ1v) is 9.55. The average Bonchev–Trinajstić information content (AvgIpc) is 2.94. The first-order chi connectivity index (χ1) is 11.7. The highest BCUT2D eigenvalue weighted by Gasteiger charge is 2.67. The maximum Gasteiger partial charge on any atom is 0.332 e. The summed E-state index contributed by atoms with van der Waals surface area (Å²) in [7, 11) is 0. The van der Waals surface area contributed by atoms with Gasteiger partial charge in [0.2, 0.25) is 0 Å². The zero-order valence-electron chi connectivity index (χ0n) is 15.7. The minimum Gasteiger partial charge on any atom is -0.460 e. The number of hydrogen-bond donors (Lipinski definition) is 1. The van der Waals surface area contributed by atoms with Gasteiger partial charge in [-0.25, -0.2) is 4.79 Å². The zero-order chi connectivity index (χ0) is 18.6. The van der Waals surface area contributed by atoms with E-state index in [1.807, 2.05) is 13.8 Å². The smallest absolute Gasteiger partial charge is 0.332 e. The molecule has 0 aromatic rings. The Labute approximate surface area is 149 Å². The molecule has 25 heavy (non-hydrogen) atoms. The van der Waals surface area contributed by atoms with Crippen LogP contribution in [0.4, 0.5) is 0 Å². The molecule has 3 aliphatic carbocycles. The molecule has 3 saturated carbocycles. The number of carbonyl (C=O) groups is 3. The lowest BCUT2D eigenvalue weighted by Gasteiger charge is -2.59. The molecule has 0 aromatic heterocycles. The van der Waals surface area contributed by atoms with Gasteiger partial charge in [0.15, 0.2) is 0 Å². The Kier molecular flexibility index (Phi) is 4.59. The lowest BCUT2D eigenvalue weighted by atomic mass is 9.45. The quantitative estimate of drug-likeness (QED) is 0.774. The normalized spacial score (nSPS) is 47.0. The van der Waals surface area contributed by atoms with Gasteiger partial charge >= 0.3 is 5.97 Å². The van der Waals surface area contributed by atoms with Gasteiger partial charge < -0.3 is 9.84 Å². The van der Waals surface area contributed by atoms with Gasteiger partial charge in [0.25, 0.3) is 0 Å². The van der Waals surface area contributed by atoms with Gasteiger partial charge in [-0.2, -0.15) is 0 Å². The van der Waals surface area contributed by atoms with Crippen LogP contribution in [0.15, 0.2) is 0 Å². The monoisotopic (exact) mass is 350 g/mol. The van der Waals surface area contributed by atoms with Gasteiger partial charge in [-0.3, -0.25) is 9.59 Å². The second-order valence-electron chi connectivity index (χ2n) is 8.84. The van der Waals surface area contributed by atoms with E-state index in [2.05, 4.69) is 13.8 Å². The van der Waals surface area contributed by atoms with Crippen LogP contribution in [0.5, 0.6) is 0 Å². The maximum absolute atomic E-state index is 13.0. The lowest BCUT2D eigenvalue weighted by molar-refractivity contribution is -0.191. The molecule has 0 heterocycles. The maximum atomic E-state index is 13.0. The number of Topliss-reactive ketones (excluding diaryl/α,β-unsaturated/α-hetero) is 2. The van der Waals surface area contributed by atoms with E-state index in [-0.39, 0.29) is 40.7 Å². The Morgan fingerprint density at radius 2 is 1.92 bits per heavy atom. The SMILES string of the molecule is C[C@@H]1CC[C@@]23CCC(=O)[C@@H]2[C@]1(C)[C@H](OC(=O)CO)C[C@H](C)C(=O)[C@@H]3C. The highest BCUT2D eigenvalue weighted by molar-refractivity contribution is 5.90. The summed E-state index contributed by atoms with van der Waals surface area (Å²) in [6, 6.07) is 0. The van der Waals surface area contributed by atoms with E-state index in [1.165, 1.54) is 0 Å². The van der Waals surface area contributed by atoms with Crippen LogP contribution in [0.2, 0.25) is 0 Å². The third kappa shape index (κ3) is 2.49. The number of aliphatic hydroxyl groups is 1. The fraction of sp³-hybridized carbons (Fsp3) is 0.850. The molecule has 5 nitrogen and oxygen atoms in total. The molecular formula is C20H30O5. The van der Waals surface area contributed by atoms with E-state index in [0.29, 0.717) is 12.8 Å². The predicted octanol–water partition coefficient (Wildman–Crippen LogP) is 2.54. The van der Waals surface area contributed by atoms with E-state index >= 15 is 0 Å². The van der Waals surface area contributed by atoms with Crippen LogP contribution in [-0.4, -0.2) is 35.4 Å². The topological polar surface area (TPSA) is 80.7 Å². The molecule has 1 N–H and O–H groups in total. The van der Waals surface area contributed by atoms with Crippen LogP contribution in [0, 0.1) is 34.5 Å². The van der Waals surface area contributed by atoms with Gasteiger partial charge in [-0.1, -0.05) is 27.7 Å². The average molecular weight is 350 g/mol. The molecule has 0 unspecified atom stereocenters. The van der Waals surface area contributed by atoms with E-state index in [9.17, 15) is 14.4 Å². The Morgan fingerprint density at radius 3 is 2.56 bits per heavy atom. The second-order valence-corrected chi connectivity index (χ2v) is 8.84. The largest absolute Gasteiger partial charge is 0.460 e. The number of carbonyl (C=O) groups excluding carboxylic acids is 3. The van der Waals surface area contributed by atoms with Crippen LogP contribution in [-0.2, 0) is 19.1 Å². The first kappa shape index (κ1) is 18.6. The number of ketones is 2. The van der Waals surface area contributed by atoms with Crippen molar-refractivity contribution in [2.24, 2.45) is 34.5 Å². The summed E-state index contributed by atoms with van der Waals surface area (Å²) in [5.41, 5.74) is -0.784. The molecule has 5 heteroatoms. The van der Waals surface area contributed by atoms with Crippen LogP contribution >= 0.6 is 0 Å². The fourth-order valence-corrected chi connectivity index (χ4v) is 6.24. The van der Waals surface area contributed by atoms with E-state index < -0.39 is 24.1 Å². The van der Waals surface area contributed by atoms with Crippen molar-refractivity contribution in [2.45, 2.75) is 65.9 Å². The molecule has 3 fully saturated rings. The van der Waals surface area contributed by atoms with Gasteiger partial charge in [0, 0.05) is 29.6 Å². The van der Waals surface area contributed by atoms with Crippen molar-refractivity contribution in [1.82, 2.24) is 0 Å². The van der Waals surface area contributed by atoms with Crippen molar-refractivity contribution in [2.75, 3.05) is 6.61 Å². The van der Waals surface area contributed by atoms with Crippen molar-refractivity contribution >= 4 is 17.5 Å². The van der Waals surface area contributed by atoms with Crippen molar-refractivity contribution < 1.29 is 24.2 Å². The molecule has 0 radical (unpaired) electrons. The van der Waals surface area contributed by atoms with Crippen molar-refractivity contribution in [3.05, 3.63) is 0 Å². The van der Waals surface area contributed by atoms with E-state index in [0.717, 1.165) is 19.3 Å². The number of hydrogen-bond acceptors (Lipinski definition) is 5. The van der Waals surface area contributed by atoms with Gasteiger partial charge in [-0.05, 0) is 37.0 Å². The summed E-state index contributed by atoms with van der Waals surface area (Å²) in [6.45, 7) is 7.43. The Balaban J connectivity index is 2.15. The molecule has 3 aliphatic rings. The fourth-order valence-electron chi connectivity index (χ4n) is 6.24. The van der Waals surface area contributed by atoms with Crippen molar-refractivity contribution in [3.63, 3.8) is 0 Å². The molecule has 2 bridgehead atoms. The third-order valence-corrected chi connectivity index (χ3v) is 7.90. The van der Waals surface area contributed by atoms with Crippen molar-refractivity contribution in [1.29, 1.82) is 0 Å². The molecule has 140 valence electrons. The molecule has 0 aromatic carbocycles. The van der Waals surface area contributed by atoms with E-state index in [4.69, 9.17) is 9.84 Å². The van der Waals surface area contributed by atoms with Crippen LogP contribution in [0.3, 0.4) is 0 Å². The first-order valence-electron chi connectivity index (χ1n) is 9.55.